The van der Waals surface area contributed by atoms with Gasteiger partial charge < -0.3 is 30.2 Å². The first kappa shape index (κ1) is 34.5. The molecule has 0 bridgehead atoms. The van der Waals surface area contributed by atoms with Gasteiger partial charge in [-0.05, 0) is 88.9 Å². The molecule has 2 aromatic heterocycles. The molecule has 0 aliphatic heterocycles. The average Bonchev–Trinajstić information content (AvgIpc) is 2.84. The van der Waals surface area contributed by atoms with Crippen LogP contribution in [-0.4, -0.2) is 50.0 Å². The lowest BCUT2D eigenvalue weighted by molar-refractivity contribution is -0.144. The molecule has 0 aliphatic rings. The van der Waals surface area contributed by atoms with Crippen LogP contribution in [0.3, 0.4) is 0 Å². The Hall–Kier alpha value is -3.66. The van der Waals surface area contributed by atoms with Crippen LogP contribution in [0, 0.1) is 11.8 Å². The van der Waals surface area contributed by atoms with Crippen molar-refractivity contribution in [1.29, 1.82) is 0 Å². The van der Waals surface area contributed by atoms with E-state index in [0.29, 0.717) is 30.1 Å². The van der Waals surface area contributed by atoms with Gasteiger partial charge >= 0.3 is 12.1 Å². The zero-order valence-corrected chi connectivity index (χ0v) is 26.7. The number of nitrogens with one attached hydrogen (secondary N) is 1. The Morgan fingerprint density at radius 2 is 1.62 bits per heavy atom. The molecule has 3 aromatic rings. The molecule has 1 amide bonds. The number of hydrogen-bond donors (Lipinski definition) is 3. The predicted octanol–water partition coefficient (Wildman–Crippen LogP) is 5.63. The maximum atomic E-state index is 12.7. The van der Waals surface area contributed by atoms with E-state index in [1.54, 1.807) is 44.8 Å². The second-order valence-corrected chi connectivity index (χ2v) is 13.4. The molecule has 0 aliphatic carbocycles. The van der Waals surface area contributed by atoms with E-state index in [2.05, 4.69) is 24.1 Å². The summed E-state index contributed by atoms with van der Waals surface area (Å²) < 4.78 is 12.6. The summed E-state index contributed by atoms with van der Waals surface area (Å²) in [6.07, 6.45) is 3.97. The van der Waals surface area contributed by atoms with E-state index < -0.39 is 28.7 Å². The number of nitrogens with zero attached hydrogens (tertiary/aromatic N) is 2. The summed E-state index contributed by atoms with van der Waals surface area (Å²) in [6.45, 7) is 17.2. The zero-order chi connectivity index (χ0) is 32.0. The van der Waals surface area contributed by atoms with Crippen LogP contribution >= 0.6 is 0 Å². The number of aryl methyl sites for hydroxylation is 1. The number of fused-ring (bicyclic) bond motifs is 3. The Balaban J connectivity index is 0.000000319. The number of benzene rings is 1. The van der Waals surface area contributed by atoms with Gasteiger partial charge in [-0.1, -0.05) is 27.7 Å². The molecule has 42 heavy (non-hydrogen) atoms. The van der Waals surface area contributed by atoms with Gasteiger partial charge in [0.05, 0.1) is 17.1 Å². The number of aliphatic carboxylic acids is 1. The highest BCUT2D eigenvalue weighted by atomic mass is 16.6. The summed E-state index contributed by atoms with van der Waals surface area (Å²) in [4.78, 5) is 39.6. The minimum absolute atomic E-state index is 0.0568. The molecule has 0 radical (unpaired) electrons. The number of nitrogens with two attached hydrogens (primary N) is 1. The minimum Gasteiger partial charge on any atom is -0.492 e. The van der Waals surface area contributed by atoms with Gasteiger partial charge in [0.25, 0.3) is 5.56 Å². The van der Waals surface area contributed by atoms with Gasteiger partial charge in [-0.3, -0.25) is 9.78 Å². The fraction of sp³-hybridized carbons (Fsp3) is 0.562. The van der Waals surface area contributed by atoms with Gasteiger partial charge in [0, 0.05) is 24.2 Å². The molecule has 4 N–H and O–H groups in total. The van der Waals surface area contributed by atoms with Gasteiger partial charge in [0.15, 0.2) is 0 Å². The second-order valence-electron chi connectivity index (χ2n) is 13.4. The molecule has 0 saturated heterocycles. The number of amides is 1. The molecule has 10 heteroatoms. The Morgan fingerprint density at radius 1 is 1.00 bits per heavy atom. The SMILES string of the molecule is CC(C)CC(C)(N)COc1ccc2c(c1)c(=O)n(C)c1cnccc21.CC(C)CC(C)(NC(=O)OC(C)(C)C)C(=O)O. The number of ether oxygens (including phenoxy) is 2. The van der Waals surface area contributed by atoms with Crippen LogP contribution in [0.1, 0.15) is 75.2 Å². The number of carboxylic acid groups (broad SMARTS) is 1. The van der Waals surface area contributed by atoms with Crippen LogP contribution in [0.5, 0.6) is 5.75 Å². The Labute approximate surface area is 248 Å². The van der Waals surface area contributed by atoms with Crippen molar-refractivity contribution < 1.29 is 24.2 Å². The molecule has 1 aromatic carbocycles. The fourth-order valence-corrected chi connectivity index (χ4v) is 4.97. The number of pyridine rings is 2. The zero-order valence-electron chi connectivity index (χ0n) is 26.7. The monoisotopic (exact) mass is 584 g/mol. The summed E-state index contributed by atoms with van der Waals surface area (Å²) in [5.41, 5.74) is 4.74. The molecular weight excluding hydrogens is 536 g/mol. The quantitative estimate of drug-likeness (QED) is 0.274. The first-order chi connectivity index (χ1) is 19.2. The van der Waals surface area contributed by atoms with Gasteiger partial charge in [0.1, 0.15) is 23.5 Å². The van der Waals surface area contributed by atoms with Crippen LogP contribution in [0.15, 0.2) is 41.5 Å². The smallest absolute Gasteiger partial charge is 0.408 e. The van der Waals surface area contributed by atoms with Gasteiger partial charge in [-0.25, -0.2) is 9.59 Å². The highest BCUT2D eigenvalue weighted by Crippen LogP contribution is 2.26. The summed E-state index contributed by atoms with van der Waals surface area (Å²) in [7, 11) is 1.76. The van der Waals surface area contributed by atoms with Crippen LogP contribution in [-0.2, 0) is 16.6 Å². The van der Waals surface area contributed by atoms with Crippen molar-refractivity contribution >= 4 is 33.7 Å². The third kappa shape index (κ3) is 9.72. The number of alkyl carbamates (subject to hydrolysis) is 1. The lowest BCUT2D eigenvalue weighted by Gasteiger charge is -2.29. The minimum atomic E-state index is -1.30. The van der Waals surface area contributed by atoms with Crippen molar-refractivity contribution in [3.8, 4) is 5.75 Å². The summed E-state index contributed by atoms with van der Waals surface area (Å²) >= 11 is 0. The third-order valence-corrected chi connectivity index (χ3v) is 6.49. The van der Waals surface area contributed by atoms with E-state index in [9.17, 15) is 14.4 Å². The summed E-state index contributed by atoms with van der Waals surface area (Å²) in [5.74, 6) is 0.268. The van der Waals surface area contributed by atoms with Crippen LogP contribution in [0.25, 0.3) is 21.7 Å². The van der Waals surface area contributed by atoms with Gasteiger partial charge in [-0.15, -0.1) is 0 Å². The van der Waals surface area contributed by atoms with Crippen molar-refractivity contribution in [2.45, 2.75) is 91.8 Å². The first-order valence-corrected chi connectivity index (χ1v) is 14.3. The highest BCUT2D eigenvalue weighted by Gasteiger charge is 2.36. The molecule has 2 heterocycles. The molecule has 3 rings (SSSR count). The predicted molar refractivity (Wildman–Crippen MR) is 167 cm³/mol. The topological polar surface area (TPSA) is 146 Å². The summed E-state index contributed by atoms with van der Waals surface area (Å²) in [5, 5.41) is 14.1. The Morgan fingerprint density at radius 3 is 2.17 bits per heavy atom. The largest absolute Gasteiger partial charge is 0.492 e. The molecule has 2 atom stereocenters. The molecule has 10 nitrogen and oxygen atoms in total. The van der Waals surface area contributed by atoms with Gasteiger partial charge in [-0.2, -0.15) is 0 Å². The van der Waals surface area contributed by atoms with E-state index in [-0.39, 0.29) is 11.5 Å². The lowest BCUT2D eigenvalue weighted by atomic mass is 9.91. The highest BCUT2D eigenvalue weighted by molar-refractivity contribution is 6.05. The maximum absolute atomic E-state index is 12.7. The molecule has 2 unspecified atom stereocenters. The van der Waals surface area contributed by atoms with Crippen molar-refractivity contribution in [3.63, 3.8) is 0 Å². The van der Waals surface area contributed by atoms with E-state index in [4.69, 9.17) is 20.3 Å². The van der Waals surface area contributed by atoms with Crippen molar-refractivity contribution in [1.82, 2.24) is 14.9 Å². The van der Waals surface area contributed by atoms with E-state index in [1.807, 2.05) is 45.0 Å². The normalized spacial score (nSPS) is 14.6. The van der Waals surface area contributed by atoms with Crippen molar-refractivity contribution in [3.05, 3.63) is 47.0 Å². The molecular formula is C32H48N4O6. The number of carboxylic acids is 1. The molecule has 232 valence electrons. The standard InChI is InChI=1S/C20H25N3O2.C12H23NO4/c1-13(2)10-20(3,21)12-25-14-5-6-15-16-7-8-22-11-18(16)23(4)19(24)17(15)9-14;1-8(2)7-12(6,9(14)15)13-10(16)17-11(3,4)5/h5-9,11,13H,10,12,21H2,1-4H3;8H,7H2,1-6H3,(H,13,16)(H,14,15). The number of aromatic nitrogens is 2. The van der Waals surface area contributed by atoms with E-state index in [0.717, 1.165) is 22.7 Å². The Bertz CT molecular complexity index is 1460. The van der Waals surface area contributed by atoms with Crippen LogP contribution in [0.2, 0.25) is 0 Å². The third-order valence-electron chi connectivity index (χ3n) is 6.49. The summed E-state index contributed by atoms with van der Waals surface area (Å²) in [6, 6.07) is 7.57. The lowest BCUT2D eigenvalue weighted by Crippen LogP contribution is -2.54. The maximum Gasteiger partial charge on any atom is 0.408 e. The number of carbonyl (C=O) groups is 2. The van der Waals surface area contributed by atoms with E-state index >= 15 is 0 Å². The number of rotatable bonds is 9. The molecule has 0 fully saturated rings. The average molecular weight is 585 g/mol. The van der Waals surface area contributed by atoms with E-state index in [1.165, 1.54) is 6.92 Å². The van der Waals surface area contributed by atoms with Crippen molar-refractivity contribution in [2.75, 3.05) is 6.61 Å². The first-order valence-electron chi connectivity index (χ1n) is 14.3. The van der Waals surface area contributed by atoms with Crippen LogP contribution in [0.4, 0.5) is 4.79 Å². The molecule has 0 saturated carbocycles. The van der Waals surface area contributed by atoms with Crippen LogP contribution < -0.4 is 21.3 Å². The number of hydrogen-bond acceptors (Lipinski definition) is 7. The Kier molecular flexibility index (Phi) is 11.1. The second kappa shape index (κ2) is 13.5. The van der Waals surface area contributed by atoms with Crippen molar-refractivity contribution in [2.24, 2.45) is 24.6 Å². The fourth-order valence-electron chi connectivity index (χ4n) is 4.97. The number of carbonyl (C=O) groups excluding carboxylic acids is 1. The van der Waals surface area contributed by atoms with Gasteiger partial charge in [0.2, 0.25) is 0 Å². The molecule has 0 spiro atoms.